The zero-order valence-corrected chi connectivity index (χ0v) is 19.7. The molecule has 0 unspecified atom stereocenters. The van der Waals surface area contributed by atoms with Crippen molar-refractivity contribution in [3.63, 3.8) is 0 Å². The Morgan fingerprint density at radius 3 is 2.15 bits per heavy atom. The van der Waals surface area contributed by atoms with E-state index < -0.39 is 17.6 Å². The van der Waals surface area contributed by atoms with Gasteiger partial charge in [-0.25, -0.2) is 4.79 Å². The van der Waals surface area contributed by atoms with Gasteiger partial charge in [-0.2, -0.15) is 0 Å². The highest BCUT2D eigenvalue weighted by Gasteiger charge is 2.51. The van der Waals surface area contributed by atoms with E-state index in [9.17, 15) is 14.4 Å². The largest absolute Gasteiger partial charge is 0.481 e. The molecule has 0 aromatic heterocycles. The number of ether oxygens (including phenoxy) is 1. The summed E-state index contributed by atoms with van der Waals surface area (Å²) in [6.07, 6.45) is 1.18. The van der Waals surface area contributed by atoms with Gasteiger partial charge in [0.25, 0.3) is 0 Å². The van der Waals surface area contributed by atoms with Gasteiger partial charge < -0.3 is 20.5 Å². The third kappa shape index (κ3) is 5.24. The van der Waals surface area contributed by atoms with Gasteiger partial charge in [-0.1, -0.05) is 62.4 Å². The van der Waals surface area contributed by atoms with Gasteiger partial charge >= 0.3 is 12.1 Å². The molecule has 0 bridgehead atoms. The number of carbonyl (C=O) groups is 3. The van der Waals surface area contributed by atoms with Gasteiger partial charge in [0.15, 0.2) is 0 Å². The minimum absolute atomic E-state index is 0.00523. The molecule has 1 fully saturated rings. The van der Waals surface area contributed by atoms with E-state index in [2.05, 4.69) is 34.9 Å². The number of carbonyl (C=O) groups excluding carboxylic acids is 2. The molecule has 34 heavy (non-hydrogen) atoms. The van der Waals surface area contributed by atoms with E-state index in [1.807, 2.05) is 38.1 Å². The topological polar surface area (TPSA) is 105 Å². The molecule has 0 saturated heterocycles. The third-order valence-electron chi connectivity index (χ3n) is 6.69. The Labute approximate surface area is 199 Å². The van der Waals surface area contributed by atoms with Crippen molar-refractivity contribution in [3.05, 3.63) is 59.7 Å². The summed E-state index contributed by atoms with van der Waals surface area (Å²) in [4.78, 5) is 36.6. The molecule has 180 valence electrons. The number of aliphatic carboxylic acids is 1. The number of carboxylic acids is 1. The van der Waals surface area contributed by atoms with Gasteiger partial charge in [-0.05, 0) is 53.4 Å². The third-order valence-corrected chi connectivity index (χ3v) is 6.69. The lowest BCUT2D eigenvalue weighted by Crippen LogP contribution is -2.50. The zero-order valence-electron chi connectivity index (χ0n) is 19.7. The number of alkyl carbamates (subject to hydrolysis) is 1. The Morgan fingerprint density at radius 1 is 1.03 bits per heavy atom. The number of nitrogens with one attached hydrogen (secondary N) is 2. The lowest BCUT2D eigenvalue weighted by molar-refractivity contribution is -0.138. The summed E-state index contributed by atoms with van der Waals surface area (Å²) in [7, 11) is 0. The van der Waals surface area contributed by atoms with Crippen molar-refractivity contribution >= 4 is 18.0 Å². The molecule has 2 aliphatic carbocycles. The summed E-state index contributed by atoms with van der Waals surface area (Å²) in [6, 6.07) is 16.2. The van der Waals surface area contributed by atoms with E-state index in [0.717, 1.165) is 22.3 Å². The Balaban J connectivity index is 1.33. The number of amides is 2. The molecule has 2 aliphatic rings. The van der Waals surface area contributed by atoms with Crippen molar-refractivity contribution in [2.45, 2.75) is 51.0 Å². The van der Waals surface area contributed by atoms with Crippen LogP contribution in [0.5, 0.6) is 0 Å². The Morgan fingerprint density at radius 2 is 1.62 bits per heavy atom. The number of hydrogen-bond acceptors (Lipinski definition) is 4. The number of rotatable bonds is 10. The summed E-state index contributed by atoms with van der Waals surface area (Å²) in [5, 5.41) is 14.7. The van der Waals surface area contributed by atoms with E-state index in [4.69, 9.17) is 9.84 Å². The van der Waals surface area contributed by atoms with Crippen LogP contribution in [0.25, 0.3) is 11.1 Å². The van der Waals surface area contributed by atoms with Crippen LogP contribution in [0.2, 0.25) is 0 Å². The first-order valence-electron chi connectivity index (χ1n) is 11.9. The lowest BCUT2D eigenvalue weighted by atomic mass is 9.94. The monoisotopic (exact) mass is 464 g/mol. The van der Waals surface area contributed by atoms with Gasteiger partial charge in [-0.15, -0.1) is 0 Å². The molecule has 0 spiro atoms. The molecule has 2 amide bonds. The molecule has 7 heteroatoms. The smallest absolute Gasteiger partial charge is 0.408 e. The van der Waals surface area contributed by atoms with Crippen molar-refractivity contribution in [1.82, 2.24) is 10.6 Å². The van der Waals surface area contributed by atoms with Crippen LogP contribution in [0.1, 0.15) is 56.6 Å². The van der Waals surface area contributed by atoms with Crippen LogP contribution in [0.15, 0.2) is 48.5 Å². The van der Waals surface area contributed by atoms with Crippen molar-refractivity contribution in [2.24, 2.45) is 11.8 Å². The molecule has 7 nitrogen and oxygen atoms in total. The summed E-state index contributed by atoms with van der Waals surface area (Å²) < 4.78 is 5.59. The highest BCUT2D eigenvalue weighted by molar-refractivity contribution is 5.92. The predicted octanol–water partition coefficient (Wildman–Crippen LogP) is 4.31. The molecular weight excluding hydrogens is 432 g/mol. The molecule has 1 atom stereocenters. The van der Waals surface area contributed by atoms with Crippen LogP contribution in [-0.4, -0.2) is 41.8 Å². The molecule has 3 N–H and O–H groups in total. The maximum absolute atomic E-state index is 12.8. The SMILES string of the molecule is CC(C)C[C@H](CNC(=O)C1(NC(=O)OCC2c3ccccc3-c3ccccc32)CC1)CC(=O)O. The van der Waals surface area contributed by atoms with Crippen LogP contribution in [0.4, 0.5) is 4.79 Å². The molecule has 4 rings (SSSR count). The number of benzene rings is 2. The maximum atomic E-state index is 12.8. The fourth-order valence-electron chi connectivity index (χ4n) is 4.92. The van der Waals surface area contributed by atoms with E-state index in [1.165, 1.54) is 0 Å². The van der Waals surface area contributed by atoms with E-state index in [1.54, 1.807) is 0 Å². The second-order valence-electron chi connectivity index (χ2n) is 9.84. The standard InChI is InChI=1S/C27H32N2O5/c1-17(2)13-18(14-24(30)31)15-28-25(32)27(11-12-27)29-26(33)34-16-23-21-9-5-3-7-19(21)20-8-4-6-10-22(20)23/h3-10,17-18,23H,11-16H2,1-2H3,(H,28,32)(H,29,33)(H,30,31)/t18-/m0/s1. The first-order chi connectivity index (χ1) is 16.3. The van der Waals surface area contributed by atoms with Gasteiger partial charge in [0.2, 0.25) is 5.91 Å². The maximum Gasteiger partial charge on any atom is 0.408 e. The molecule has 0 aliphatic heterocycles. The molecule has 2 aromatic carbocycles. The van der Waals surface area contributed by atoms with Gasteiger partial charge in [0.1, 0.15) is 12.1 Å². The first-order valence-corrected chi connectivity index (χ1v) is 11.9. The van der Waals surface area contributed by atoms with E-state index in [0.29, 0.717) is 25.2 Å². The first kappa shape index (κ1) is 23.8. The van der Waals surface area contributed by atoms with Crippen LogP contribution >= 0.6 is 0 Å². The summed E-state index contributed by atoms with van der Waals surface area (Å²) in [6.45, 7) is 4.51. The average molecular weight is 465 g/mol. The number of fused-ring (bicyclic) bond motifs is 3. The predicted molar refractivity (Wildman–Crippen MR) is 128 cm³/mol. The summed E-state index contributed by atoms with van der Waals surface area (Å²) in [5.74, 6) is -1.02. The van der Waals surface area contributed by atoms with Gasteiger partial charge in [0, 0.05) is 18.9 Å². The minimum atomic E-state index is -0.964. The van der Waals surface area contributed by atoms with Gasteiger partial charge in [0.05, 0.1) is 0 Å². The quantitative estimate of drug-likeness (QED) is 0.486. The average Bonchev–Trinajstić information content (AvgIpc) is 3.50. The molecule has 0 radical (unpaired) electrons. The molecule has 1 saturated carbocycles. The van der Waals surface area contributed by atoms with Gasteiger partial charge in [-0.3, -0.25) is 9.59 Å². The molecular formula is C27H32N2O5. The second kappa shape index (κ2) is 9.87. The Hall–Kier alpha value is -3.35. The number of hydrogen-bond donors (Lipinski definition) is 3. The van der Waals surface area contributed by atoms with E-state index in [-0.39, 0.29) is 37.3 Å². The summed E-state index contributed by atoms with van der Waals surface area (Å²) >= 11 is 0. The fraction of sp³-hybridized carbons (Fsp3) is 0.444. The van der Waals surface area contributed by atoms with E-state index >= 15 is 0 Å². The van der Waals surface area contributed by atoms with Crippen LogP contribution < -0.4 is 10.6 Å². The van der Waals surface area contributed by atoms with Crippen LogP contribution in [-0.2, 0) is 14.3 Å². The minimum Gasteiger partial charge on any atom is -0.481 e. The highest BCUT2D eigenvalue weighted by atomic mass is 16.5. The Bertz CT molecular complexity index is 1030. The molecule has 0 heterocycles. The zero-order chi connectivity index (χ0) is 24.3. The second-order valence-corrected chi connectivity index (χ2v) is 9.84. The summed E-state index contributed by atoms with van der Waals surface area (Å²) in [5.41, 5.74) is 3.61. The number of carboxylic acid groups (broad SMARTS) is 1. The van der Waals surface area contributed by atoms with Crippen molar-refractivity contribution in [1.29, 1.82) is 0 Å². The fourth-order valence-corrected chi connectivity index (χ4v) is 4.92. The molecule has 2 aromatic rings. The van der Waals surface area contributed by atoms with Crippen LogP contribution in [0.3, 0.4) is 0 Å². The van der Waals surface area contributed by atoms with Crippen molar-refractivity contribution < 1.29 is 24.2 Å². The van der Waals surface area contributed by atoms with Crippen molar-refractivity contribution in [3.8, 4) is 11.1 Å². The van der Waals surface area contributed by atoms with Crippen LogP contribution in [0, 0.1) is 11.8 Å². The van der Waals surface area contributed by atoms with Crippen molar-refractivity contribution in [2.75, 3.05) is 13.2 Å². The highest BCUT2D eigenvalue weighted by Crippen LogP contribution is 2.44. The lowest BCUT2D eigenvalue weighted by Gasteiger charge is -2.22. The normalized spacial score (nSPS) is 16.3. The Kier molecular flexibility index (Phi) is 6.91.